The van der Waals surface area contributed by atoms with Gasteiger partial charge >= 0.3 is 18.1 Å². The van der Waals surface area contributed by atoms with Crippen molar-refractivity contribution in [3.8, 4) is 0 Å². The standard InChI is InChI=1S/C17H14F2N2O2.C2HF3O2/c1-2-15(13-4-3-10(18)9-14(13)19)23-17(22)12-6-8-21-16-11(12)5-7-20-16;3-2(4,5)1(6)7/h3-9,15H,2H2,1H3,(H,20,21);(H,6,7). The molecule has 0 saturated carbocycles. The van der Waals surface area contributed by atoms with Crippen LogP contribution < -0.4 is 0 Å². The van der Waals surface area contributed by atoms with E-state index in [2.05, 4.69) is 9.97 Å². The Hall–Kier alpha value is -3.50. The van der Waals surface area contributed by atoms with Crippen LogP contribution in [0.15, 0.2) is 42.7 Å². The number of aromatic amines is 1. The Labute approximate surface area is 166 Å². The fourth-order valence-electron chi connectivity index (χ4n) is 2.46. The van der Waals surface area contributed by atoms with Crippen LogP contribution in [0, 0.1) is 11.6 Å². The Kier molecular flexibility index (Phi) is 7.09. The second-order valence-corrected chi connectivity index (χ2v) is 5.87. The van der Waals surface area contributed by atoms with Crippen molar-refractivity contribution in [3.63, 3.8) is 0 Å². The number of aromatic nitrogens is 2. The van der Waals surface area contributed by atoms with Crippen molar-refractivity contribution < 1.29 is 41.4 Å². The summed E-state index contributed by atoms with van der Waals surface area (Å²) in [7, 11) is 0. The number of benzene rings is 1. The molecule has 0 aliphatic heterocycles. The number of nitrogens with one attached hydrogen (secondary N) is 1. The number of carboxylic acids is 1. The van der Waals surface area contributed by atoms with Gasteiger partial charge in [0.05, 0.1) is 5.56 Å². The molecule has 2 aromatic heterocycles. The molecule has 0 aliphatic carbocycles. The lowest BCUT2D eigenvalue weighted by Gasteiger charge is -2.17. The topological polar surface area (TPSA) is 92.3 Å². The lowest BCUT2D eigenvalue weighted by Crippen LogP contribution is -2.21. The SMILES string of the molecule is CCC(OC(=O)c1ccnc2[nH]ccc12)c1ccc(F)cc1F.O=C(O)C(F)(F)F. The minimum Gasteiger partial charge on any atom is -0.475 e. The molecule has 3 aromatic rings. The number of nitrogens with zero attached hydrogens (tertiary/aromatic N) is 1. The first-order chi connectivity index (χ1) is 14.0. The van der Waals surface area contributed by atoms with Gasteiger partial charge < -0.3 is 14.8 Å². The highest BCUT2D eigenvalue weighted by atomic mass is 19.4. The molecule has 1 aromatic carbocycles. The molecule has 2 N–H and O–H groups in total. The number of carboxylic acid groups (broad SMARTS) is 1. The van der Waals surface area contributed by atoms with Crippen molar-refractivity contribution in [2.75, 3.05) is 0 Å². The van der Waals surface area contributed by atoms with Crippen molar-refractivity contribution >= 4 is 23.0 Å². The van der Waals surface area contributed by atoms with Crippen LogP contribution >= 0.6 is 0 Å². The zero-order chi connectivity index (χ0) is 22.5. The highest BCUT2D eigenvalue weighted by molar-refractivity contribution is 6.02. The predicted molar refractivity (Wildman–Crippen MR) is 94.6 cm³/mol. The van der Waals surface area contributed by atoms with E-state index in [1.807, 2.05) is 0 Å². The first kappa shape index (κ1) is 22.8. The summed E-state index contributed by atoms with van der Waals surface area (Å²) in [5, 5.41) is 7.76. The molecule has 0 fully saturated rings. The van der Waals surface area contributed by atoms with E-state index in [1.54, 1.807) is 25.3 Å². The van der Waals surface area contributed by atoms with Crippen LogP contribution in [0.2, 0.25) is 0 Å². The highest BCUT2D eigenvalue weighted by Gasteiger charge is 2.38. The summed E-state index contributed by atoms with van der Waals surface area (Å²) in [6, 6.07) is 6.49. The second kappa shape index (κ2) is 9.33. The van der Waals surface area contributed by atoms with Gasteiger partial charge in [0.1, 0.15) is 23.4 Å². The number of carbonyl (C=O) groups excluding carboxylic acids is 1. The van der Waals surface area contributed by atoms with Crippen molar-refractivity contribution in [2.45, 2.75) is 25.6 Å². The molecule has 0 spiro atoms. The van der Waals surface area contributed by atoms with Crippen molar-refractivity contribution in [1.82, 2.24) is 9.97 Å². The number of halogens is 5. The minimum atomic E-state index is -5.08. The summed E-state index contributed by atoms with van der Waals surface area (Å²) in [6.45, 7) is 1.76. The Morgan fingerprint density at radius 1 is 1.20 bits per heavy atom. The van der Waals surface area contributed by atoms with E-state index in [-0.39, 0.29) is 5.56 Å². The zero-order valence-corrected chi connectivity index (χ0v) is 15.3. The maximum atomic E-state index is 13.9. The quantitative estimate of drug-likeness (QED) is 0.459. The molecule has 30 heavy (non-hydrogen) atoms. The lowest BCUT2D eigenvalue weighted by atomic mass is 10.1. The van der Waals surface area contributed by atoms with Gasteiger partial charge in [0, 0.05) is 29.4 Å². The predicted octanol–water partition coefficient (Wildman–Crippen LogP) is 4.78. The molecular formula is C19H15F5N2O4. The lowest BCUT2D eigenvalue weighted by molar-refractivity contribution is -0.192. The van der Waals surface area contributed by atoms with Gasteiger partial charge in [-0.1, -0.05) is 6.92 Å². The Balaban J connectivity index is 0.000000396. The fraction of sp³-hybridized carbons (Fsp3) is 0.211. The molecule has 2 heterocycles. The summed E-state index contributed by atoms with van der Waals surface area (Å²) in [5.74, 6) is -4.73. The van der Waals surface area contributed by atoms with E-state index >= 15 is 0 Å². The third-order valence-electron chi connectivity index (χ3n) is 3.85. The van der Waals surface area contributed by atoms with E-state index in [0.29, 0.717) is 23.0 Å². The molecule has 1 unspecified atom stereocenters. The number of ether oxygens (including phenoxy) is 1. The number of pyridine rings is 1. The molecule has 0 saturated heterocycles. The van der Waals surface area contributed by atoms with E-state index in [4.69, 9.17) is 14.6 Å². The molecule has 0 amide bonds. The average Bonchev–Trinajstić information content (AvgIpc) is 3.15. The first-order valence-corrected chi connectivity index (χ1v) is 8.42. The summed E-state index contributed by atoms with van der Waals surface area (Å²) < 4.78 is 64.1. The smallest absolute Gasteiger partial charge is 0.475 e. The van der Waals surface area contributed by atoms with Crippen LogP contribution in [-0.4, -0.2) is 33.2 Å². The molecule has 0 aliphatic rings. The molecule has 0 radical (unpaired) electrons. The molecular weight excluding hydrogens is 415 g/mol. The van der Waals surface area contributed by atoms with E-state index < -0.39 is 35.9 Å². The van der Waals surface area contributed by atoms with Gasteiger partial charge in [0.25, 0.3) is 0 Å². The number of hydrogen-bond acceptors (Lipinski definition) is 4. The van der Waals surface area contributed by atoms with Gasteiger partial charge in [-0.2, -0.15) is 13.2 Å². The molecule has 1 atom stereocenters. The van der Waals surface area contributed by atoms with Gasteiger partial charge in [-0.3, -0.25) is 0 Å². The summed E-state index contributed by atoms with van der Waals surface area (Å²) >= 11 is 0. The number of aliphatic carboxylic acids is 1. The highest BCUT2D eigenvalue weighted by Crippen LogP contribution is 2.27. The van der Waals surface area contributed by atoms with Crippen LogP contribution in [-0.2, 0) is 9.53 Å². The van der Waals surface area contributed by atoms with Crippen LogP contribution in [0.1, 0.15) is 35.4 Å². The summed E-state index contributed by atoms with van der Waals surface area (Å²) in [5.41, 5.74) is 1.07. The number of esters is 1. The van der Waals surface area contributed by atoms with Gasteiger partial charge in [-0.15, -0.1) is 0 Å². The van der Waals surface area contributed by atoms with Gasteiger partial charge in [0.15, 0.2) is 0 Å². The number of fused-ring (bicyclic) bond motifs is 1. The fourth-order valence-corrected chi connectivity index (χ4v) is 2.46. The van der Waals surface area contributed by atoms with Gasteiger partial charge in [-0.25, -0.2) is 23.4 Å². The van der Waals surface area contributed by atoms with Crippen LogP contribution in [0.25, 0.3) is 11.0 Å². The minimum absolute atomic E-state index is 0.154. The largest absolute Gasteiger partial charge is 0.490 e. The number of alkyl halides is 3. The number of H-pyrrole nitrogens is 1. The Bertz CT molecular complexity index is 1050. The number of rotatable bonds is 4. The van der Waals surface area contributed by atoms with E-state index in [9.17, 15) is 26.7 Å². The molecule has 0 bridgehead atoms. The third-order valence-corrected chi connectivity index (χ3v) is 3.85. The average molecular weight is 430 g/mol. The molecule has 6 nitrogen and oxygen atoms in total. The zero-order valence-electron chi connectivity index (χ0n) is 15.3. The molecule has 160 valence electrons. The normalized spacial score (nSPS) is 12.1. The maximum absolute atomic E-state index is 13.9. The maximum Gasteiger partial charge on any atom is 0.490 e. The summed E-state index contributed by atoms with van der Waals surface area (Å²) in [6.07, 6.45) is -2.33. The first-order valence-electron chi connectivity index (χ1n) is 8.42. The van der Waals surface area contributed by atoms with Crippen molar-refractivity contribution in [1.29, 1.82) is 0 Å². The third kappa shape index (κ3) is 5.52. The monoisotopic (exact) mass is 430 g/mol. The second-order valence-electron chi connectivity index (χ2n) is 5.87. The van der Waals surface area contributed by atoms with Crippen molar-refractivity contribution in [2.24, 2.45) is 0 Å². The molecule has 3 rings (SSSR count). The van der Waals surface area contributed by atoms with E-state index in [1.165, 1.54) is 12.3 Å². The van der Waals surface area contributed by atoms with Crippen LogP contribution in [0.5, 0.6) is 0 Å². The van der Waals surface area contributed by atoms with Crippen molar-refractivity contribution in [3.05, 3.63) is 65.5 Å². The van der Waals surface area contributed by atoms with Crippen LogP contribution in [0.4, 0.5) is 22.0 Å². The number of carbonyl (C=O) groups is 2. The van der Waals surface area contributed by atoms with Gasteiger partial charge in [0.2, 0.25) is 0 Å². The Morgan fingerprint density at radius 3 is 2.43 bits per heavy atom. The summed E-state index contributed by atoms with van der Waals surface area (Å²) in [4.78, 5) is 28.3. The molecule has 11 heteroatoms. The van der Waals surface area contributed by atoms with Gasteiger partial charge in [-0.05, 0) is 30.7 Å². The Morgan fingerprint density at radius 2 is 1.87 bits per heavy atom. The van der Waals surface area contributed by atoms with E-state index in [0.717, 1.165) is 12.1 Å². The number of hydrogen-bond donors (Lipinski definition) is 2. The van der Waals surface area contributed by atoms with Crippen LogP contribution in [0.3, 0.4) is 0 Å².